The van der Waals surface area contributed by atoms with Crippen LogP contribution < -0.4 is 4.74 Å². The Bertz CT molecular complexity index is 1790. The van der Waals surface area contributed by atoms with Gasteiger partial charge in [0.15, 0.2) is 20.8 Å². The molecule has 3 aromatic carbocycles. The summed E-state index contributed by atoms with van der Waals surface area (Å²) in [6.45, 7) is 0.373. The third-order valence-corrected chi connectivity index (χ3v) is 8.19. The van der Waals surface area contributed by atoms with E-state index in [0.29, 0.717) is 34.5 Å². The van der Waals surface area contributed by atoms with Gasteiger partial charge in [-0.3, -0.25) is 0 Å². The molecular weight excluding hydrogens is 591 g/mol. The van der Waals surface area contributed by atoms with Crippen molar-refractivity contribution >= 4 is 44.8 Å². The summed E-state index contributed by atoms with van der Waals surface area (Å²) in [5.41, 5.74) is 2.88. The Morgan fingerprint density at radius 2 is 1.70 bits per heavy atom. The van der Waals surface area contributed by atoms with Crippen molar-refractivity contribution in [3.05, 3.63) is 94.6 Å². The molecule has 0 amide bonds. The predicted molar refractivity (Wildman–Crippen MR) is 157 cm³/mol. The first-order chi connectivity index (χ1) is 19.2. The van der Waals surface area contributed by atoms with E-state index < -0.39 is 9.84 Å². The summed E-state index contributed by atoms with van der Waals surface area (Å²) in [7, 11) is -3.58. The molecule has 5 rings (SSSR count). The predicted octanol–water partition coefficient (Wildman–Crippen LogP) is 6.92. The third-order valence-electron chi connectivity index (χ3n) is 5.94. The number of nitrogens with zero attached hydrogens (tertiary/aromatic N) is 4. The Hall–Kier alpha value is -3.57. The van der Waals surface area contributed by atoms with Gasteiger partial charge >= 0.3 is 0 Å². The summed E-state index contributed by atoms with van der Waals surface area (Å²) >= 11 is 14.4. The first-order valence-electron chi connectivity index (χ1n) is 11.8. The molecule has 0 bridgehead atoms. The molecule has 204 valence electrons. The highest BCUT2D eigenvalue weighted by atomic mass is 35.5. The maximum Gasteiger partial charge on any atom is 0.187 e. The molecule has 2 aromatic heterocycles. The molecule has 0 unspecified atom stereocenters. The van der Waals surface area contributed by atoms with Crippen LogP contribution in [0.25, 0.3) is 34.0 Å². The van der Waals surface area contributed by atoms with Crippen LogP contribution >= 0.6 is 35.0 Å². The van der Waals surface area contributed by atoms with E-state index in [4.69, 9.17) is 32.9 Å². The fourth-order valence-electron chi connectivity index (χ4n) is 4.03. The second-order valence-corrected chi connectivity index (χ2v) is 12.3. The van der Waals surface area contributed by atoms with Gasteiger partial charge in [-0.15, -0.1) is 0 Å². The lowest BCUT2D eigenvalue weighted by molar-refractivity contribution is 0.195. The van der Waals surface area contributed by atoms with E-state index in [1.165, 1.54) is 23.9 Å². The number of aromatic nitrogens is 4. The normalized spacial score (nSPS) is 11.5. The quantitative estimate of drug-likeness (QED) is 0.114. The van der Waals surface area contributed by atoms with Crippen molar-refractivity contribution in [3.8, 4) is 39.8 Å². The van der Waals surface area contributed by atoms with Gasteiger partial charge in [0.1, 0.15) is 23.7 Å². The van der Waals surface area contributed by atoms with Crippen LogP contribution in [-0.2, 0) is 16.4 Å². The molecule has 12 heteroatoms. The van der Waals surface area contributed by atoms with Crippen LogP contribution in [0.2, 0.25) is 10.0 Å². The minimum absolute atomic E-state index is 0.0127. The summed E-state index contributed by atoms with van der Waals surface area (Å²) in [5, 5.41) is 12.0. The van der Waals surface area contributed by atoms with Crippen molar-refractivity contribution < 1.29 is 18.4 Å². The van der Waals surface area contributed by atoms with Gasteiger partial charge in [0.25, 0.3) is 0 Å². The number of halogens is 2. The summed E-state index contributed by atoms with van der Waals surface area (Å²) in [4.78, 5) is 13.5. The standard InChI is InChI=1S/C28H22Cl2N4O4S2/c1-39-28-31-12-11-23(32-28)26-25(18-9-6-10-19(13-18)38-16-17-7-4-3-5-8-17)33-27(34(26)35)24-21(29)14-20(15-22(24)30)40(2,36)37/h3-15,35H,16H2,1-2H3. The second kappa shape index (κ2) is 11.5. The number of thioether (sulfide) groups is 1. The van der Waals surface area contributed by atoms with Gasteiger partial charge in [0.2, 0.25) is 0 Å². The van der Waals surface area contributed by atoms with Crippen LogP contribution in [0.15, 0.2) is 89.0 Å². The number of sulfone groups is 1. The Morgan fingerprint density at radius 3 is 2.38 bits per heavy atom. The van der Waals surface area contributed by atoms with Crippen LogP contribution in [0, 0.1) is 0 Å². The van der Waals surface area contributed by atoms with Crippen LogP contribution in [0.1, 0.15) is 5.56 Å². The van der Waals surface area contributed by atoms with Crippen LogP contribution in [-0.4, -0.2) is 45.8 Å². The first kappa shape index (κ1) is 28.0. The van der Waals surface area contributed by atoms with Crippen molar-refractivity contribution in [2.75, 3.05) is 12.5 Å². The van der Waals surface area contributed by atoms with Gasteiger partial charge in [-0.2, -0.15) is 4.73 Å². The molecule has 0 radical (unpaired) electrons. The number of hydrogen-bond donors (Lipinski definition) is 1. The van der Waals surface area contributed by atoms with E-state index in [-0.39, 0.29) is 32.0 Å². The van der Waals surface area contributed by atoms with E-state index in [2.05, 4.69) is 9.97 Å². The number of hydrogen-bond acceptors (Lipinski definition) is 8. The van der Waals surface area contributed by atoms with Crippen molar-refractivity contribution in [3.63, 3.8) is 0 Å². The number of imidazole rings is 1. The van der Waals surface area contributed by atoms with Crippen LogP contribution in [0.4, 0.5) is 0 Å². The molecule has 0 aliphatic heterocycles. The first-order valence-corrected chi connectivity index (χ1v) is 15.7. The zero-order valence-corrected chi connectivity index (χ0v) is 24.4. The number of benzene rings is 3. The molecule has 1 N–H and O–H groups in total. The fourth-order valence-corrected chi connectivity index (χ4v) is 5.83. The SMILES string of the molecule is CSc1nccc(-c2c(-c3cccc(OCc4ccccc4)c3)nc(-c3c(Cl)cc(S(C)(=O)=O)cc3Cl)n2O)n1. The van der Waals surface area contributed by atoms with Gasteiger partial charge in [-0.05, 0) is 42.2 Å². The molecule has 2 heterocycles. The molecule has 5 aromatic rings. The van der Waals surface area contributed by atoms with Crippen molar-refractivity contribution in [2.24, 2.45) is 0 Å². The molecule has 0 atom stereocenters. The van der Waals surface area contributed by atoms with Gasteiger partial charge < -0.3 is 9.94 Å². The molecular formula is C28H22Cl2N4O4S2. The minimum Gasteiger partial charge on any atom is -0.489 e. The summed E-state index contributed by atoms with van der Waals surface area (Å²) in [6, 6.07) is 21.3. The lowest BCUT2D eigenvalue weighted by Gasteiger charge is -2.10. The maximum atomic E-state index is 12.1. The molecule has 0 fully saturated rings. The fraction of sp³-hybridized carbons (Fsp3) is 0.107. The highest BCUT2D eigenvalue weighted by molar-refractivity contribution is 7.98. The Kier molecular flexibility index (Phi) is 8.04. The third kappa shape index (κ3) is 5.80. The lowest BCUT2D eigenvalue weighted by atomic mass is 10.1. The zero-order valence-electron chi connectivity index (χ0n) is 21.2. The van der Waals surface area contributed by atoms with Gasteiger partial charge in [0, 0.05) is 18.0 Å². The maximum absolute atomic E-state index is 12.1. The number of ether oxygens (including phenoxy) is 1. The van der Waals surface area contributed by atoms with E-state index >= 15 is 0 Å². The zero-order chi connectivity index (χ0) is 28.4. The molecule has 0 aliphatic rings. The Balaban J connectivity index is 1.66. The molecule has 8 nitrogen and oxygen atoms in total. The smallest absolute Gasteiger partial charge is 0.187 e. The largest absolute Gasteiger partial charge is 0.489 e. The average Bonchev–Trinajstić information content (AvgIpc) is 3.28. The minimum atomic E-state index is -3.58. The highest BCUT2D eigenvalue weighted by Crippen LogP contribution is 2.41. The van der Waals surface area contributed by atoms with Crippen LogP contribution in [0.3, 0.4) is 0 Å². The molecule has 40 heavy (non-hydrogen) atoms. The van der Waals surface area contributed by atoms with Crippen molar-refractivity contribution in [1.82, 2.24) is 19.7 Å². The number of rotatable bonds is 8. The van der Waals surface area contributed by atoms with E-state index in [1.807, 2.05) is 60.9 Å². The van der Waals surface area contributed by atoms with Gasteiger partial charge in [0.05, 0.1) is 26.2 Å². The van der Waals surface area contributed by atoms with E-state index in [1.54, 1.807) is 12.3 Å². The Morgan fingerprint density at radius 1 is 0.975 bits per heavy atom. The summed E-state index contributed by atoms with van der Waals surface area (Å²) in [5.74, 6) is 0.613. The summed E-state index contributed by atoms with van der Waals surface area (Å²) < 4.78 is 31.1. The average molecular weight is 614 g/mol. The molecule has 0 saturated heterocycles. The lowest BCUT2D eigenvalue weighted by Crippen LogP contribution is -2.02. The topological polar surface area (TPSA) is 107 Å². The molecule has 0 aliphatic carbocycles. The molecule has 0 spiro atoms. The van der Waals surface area contributed by atoms with Gasteiger partial charge in [-0.25, -0.2) is 23.4 Å². The van der Waals surface area contributed by atoms with Crippen molar-refractivity contribution in [1.29, 1.82) is 0 Å². The highest BCUT2D eigenvalue weighted by Gasteiger charge is 2.26. The Labute approximate surface area is 245 Å². The van der Waals surface area contributed by atoms with E-state index in [9.17, 15) is 13.6 Å². The second-order valence-electron chi connectivity index (χ2n) is 8.71. The summed E-state index contributed by atoms with van der Waals surface area (Å²) in [6.07, 6.45) is 4.49. The molecule has 0 saturated carbocycles. The van der Waals surface area contributed by atoms with Gasteiger partial charge in [-0.1, -0.05) is 77.4 Å². The van der Waals surface area contributed by atoms with Crippen molar-refractivity contribution in [2.45, 2.75) is 16.7 Å². The van der Waals surface area contributed by atoms with Crippen LogP contribution in [0.5, 0.6) is 5.75 Å². The monoisotopic (exact) mass is 612 g/mol. The van der Waals surface area contributed by atoms with E-state index in [0.717, 1.165) is 16.5 Å².